The second kappa shape index (κ2) is 7.93. The highest BCUT2D eigenvalue weighted by Crippen LogP contribution is 2.30. The Kier molecular flexibility index (Phi) is 5.02. The van der Waals surface area contributed by atoms with Crippen LogP contribution in [0.2, 0.25) is 0 Å². The average Bonchev–Trinajstić information content (AvgIpc) is 3.15. The van der Waals surface area contributed by atoms with Crippen LogP contribution in [0.4, 0.5) is 9.18 Å². The number of ether oxygens (including phenoxy) is 2. The standard InChI is InChI=1S/C20H16FN5O3/c1-22-20(27)29-17-8-14(21)5-6-16(17)13-9-24-19-25-15(11-26(19)10-13)12-28-18-4-2-3-7-23-18/h2-11H,12H2,1H3,(H,22,27). The first-order valence-corrected chi connectivity index (χ1v) is 8.69. The number of fused-ring (bicyclic) bond motifs is 1. The molecule has 0 spiro atoms. The van der Waals surface area contributed by atoms with Crippen LogP contribution in [0.25, 0.3) is 16.9 Å². The van der Waals surface area contributed by atoms with Crippen LogP contribution in [0, 0.1) is 5.82 Å². The van der Waals surface area contributed by atoms with E-state index in [9.17, 15) is 9.18 Å². The van der Waals surface area contributed by atoms with E-state index in [-0.39, 0.29) is 12.4 Å². The number of carbonyl (C=O) groups is 1. The summed E-state index contributed by atoms with van der Waals surface area (Å²) in [5.41, 5.74) is 1.82. The van der Waals surface area contributed by atoms with E-state index in [2.05, 4.69) is 20.3 Å². The van der Waals surface area contributed by atoms with Gasteiger partial charge in [-0.05, 0) is 18.2 Å². The van der Waals surface area contributed by atoms with Crippen LogP contribution in [0.15, 0.2) is 61.2 Å². The minimum absolute atomic E-state index is 0.0873. The second-order valence-electron chi connectivity index (χ2n) is 6.02. The molecular formula is C20H16FN5O3. The molecule has 0 saturated carbocycles. The Balaban J connectivity index is 1.62. The van der Waals surface area contributed by atoms with E-state index in [0.717, 1.165) is 6.07 Å². The molecule has 0 saturated heterocycles. The van der Waals surface area contributed by atoms with Crippen LogP contribution in [0.3, 0.4) is 0 Å². The highest BCUT2D eigenvalue weighted by molar-refractivity contribution is 5.76. The van der Waals surface area contributed by atoms with Gasteiger partial charge in [0.05, 0.1) is 5.69 Å². The van der Waals surface area contributed by atoms with Crippen molar-refractivity contribution in [3.8, 4) is 22.8 Å². The Morgan fingerprint density at radius 2 is 2.10 bits per heavy atom. The van der Waals surface area contributed by atoms with Crippen molar-refractivity contribution >= 4 is 11.9 Å². The van der Waals surface area contributed by atoms with Crippen molar-refractivity contribution in [2.75, 3.05) is 7.05 Å². The van der Waals surface area contributed by atoms with E-state index >= 15 is 0 Å². The third-order valence-corrected chi connectivity index (χ3v) is 4.03. The molecule has 0 aliphatic heterocycles. The predicted molar refractivity (Wildman–Crippen MR) is 102 cm³/mol. The molecule has 0 bridgehead atoms. The lowest BCUT2D eigenvalue weighted by atomic mass is 10.1. The highest BCUT2D eigenvalue weighted by atomic mass is 19.1. The summed E-state index contributed by atoms with van der Waals surface area (Å²) in [7, 11) is 1.43. The van der Waals surface area contributed by atoms with Crippen LogP contribution in [-0.4, -0.2) is 32.5 Å². The summed E-state index contributed by atoms with van der Waals surface area (Å²) in [6, 6.07) is 9.36. The largest absolute Gasteiger partial charge is 0.471 e. The van der Waals surface area contributed by atoms with Gasteiger partial charge in [0, 0.05) is 55.1 Å². The first-order valence-electron chi connectivity index (χ1n) is 8.69. The molecule has 0 atom stereocenters. The summed E-state index contributed by atoms with van der Waals surface area (Å²) in [5, 5.41) is 2.34. The zero-order chi connectivity index (χ0) is 20.2. The molecule has 1 amide bonds. The van der Waals surface area contributed by atoms with Crippen molar-refractivity contribution in [2.24, 2.45) is 0 Å². The van der Waals surface area contributed by atoms with Gasteiger partial charge in [0.1, 0.15) is 18.2 Å². The van der Waals surface area contributed by atoms with E-state index in [0.29, 0.717) is 28.5 Å². The van der Waals surface area contributed by atoms with Gasteiger partial charge in [-0.15, -0.1) is 0 Å². The molecule has 29 heavy (non-hydrogen) atoms. The minimum atomic E-state index is -0.692. The summed E-state index contributed by atoms with van der Waals surface area (Å²) < 4.78 is 26.1. The smallest absolute Gasteiger partial charge is 0.412 e. The normalized spacial score (nSPS) is 10.7. The number of amides is 1. The van der Waals surface area contributed by atoms with Crippen molar-refractivity contribution in [1.82, 2.24) is 24.7 Å². The van der Waals surface area contributed by atoms with Crippen molar-refractivity contribution < 1.29 is 18.7 Å². The predicted octanol–water partition coefficient (Wildman–Crippen LogP) is 3.23. The molecule has 0 fully saturated rings. The number of hydrogen-bond acceptors (Lipinski definition) is 6. The molecule has 4 aromatic rings. The number of nitrogens with one attached hydrogen (secondary N) is 1. The average molecular weight is 393 g/mol. The Morgan fingerprint density at radius 3 is 2.90 bits per heavy atom. The third-order valence-electron chi connectivity index (χ3n) is 4.03. The molecule has 9 heteroatoms. The number of rotatable bonds is 5. The van der Waals surface area contributed by atoms with Gasteiger partial charge in [0.2, 0.25) is 11.7 Å². The van der Waals surface area contributed by atoms with Crippen molar-refractivity contribution in [1.29, 1.82) is 0 Å². The molecule has 3 heterocycles. The molecule has 1 aromatic carbocycles. The summed E-state index contributed by atoms with van der Waals surface area (Å²) in [6.07, 6.45) is 6.08. The van der Waals surface area contributed by atoms with Gasteiger partial charge in [-0.3, -0.25) is 4.40 Å². The molecule has 0 aliphatic carbocycles. The zero-order valence-electron chi connectivity index (χ0n) is 15.4. The van der Waals surface area contributed by atoms with Crippen LogP contribution in [-0.2, 0) is 6.61 Å². The fourth-order valence-electron chi connectivity index (χ4n) is 2.69. The SMILES string of the molecule is CNC(=O)Oc1cc(F)ccc1-c1cnc2nc(COc3ccccn3)cn2c1. The molecule has 1 N–H and O–H groups in total. The summed E-state index contributed by atoms with van der Waals surface area (Å²) in [5.74, 6) is 0.548. The number of nitrogens with zero attached hydrogens (tertiary/aromatic N) is 4. The molecule has 3 aromatic heterocycles. The first kappa shape index (κ1) is 18.4. The van der Waals surface area contributed by atoms with Gasteiger partial charge in [-0.2, -0.15) is 0 Å². The van der Waals surface area contributed by atoms with Gasteiger partial charge >= 0.3 is 6.09 Å². The molecule has 0 unspecified atom stereocenters. The summed E-state index contributed by atoms with van der Waals surface area (Å²) in [6.45, 7) is 0.233. The number of aromatic nitrogens is 4. The molecule has 146 valence electrons. The fourth-order valence-corrected chi connectivity index (χ4v) is 2.69. The Hall–Kier alpha value is -4.01. The lowest BCUT2D eigenvalue weighted by molar-refractivity contribution is 0.203. The zero-order valence-corrected chi connectivity index (χ0v) is 15.4. The fraction of sp³-hybridized carbons (Fsp3) is 0.100. The Morgan fingerprint density at radius 1 is 1.21 bits per heavy atom. The molecular weight excluding hydrogens is 377 g/mol. The Bertz CT molecular complexity index is 1160. The second-order valence-corrected chi connectivity index (χ2v) is 6.02. The molecule has 4 rings (SSSR count). The Labute approximate surface area is 165 Å². The van der Waals surface area contributed by atoms with Gasteiger partial charge < -0.3 is 14.8 Å². The maximum Gasteiger partial charge on any atom is 0.412 e. The van der Waals surface area contributed by atoms with Crippen LogP contribution in [0.1, 0.15) is 5.69 Å². The van der Waals surface area contributed by atoms with Gasteiger partial charge in [-0.1, -0.05) is 6.07 Å². The highest BCUT2D eigenvalue weighted by Gasteiger charge is 2.13. The number of hydrogen-bond donors (Lipinski definition) is 1. The third kappa shape index (κ3) is 4.13. The summed E-state index contributed by atoms with van der Waals surface area (Å²) in [4.78, 5) is 24.4. The van der Waals surface area contributed by atoms with Crippen molar-refractivity contribution in [2.45, 2.75) is 6.61 Å². The monoisotopic (exact) mass is 393 g/mol. The maximum atomic E-state index is 13.6. The van der Waals surface area contributed by atoms with E-state index < -0.39 is 11.9 Å². The molecule has 8 nitrogen and oxygen atoms in total. The number of carbonyl (C=O) groups excluding carboxylic acids is 1. The van der Waals surface area contributed by atoms with Crippen LogP contribution >= 0.6 is 0 Å². The molecule has 0 aliphatic rings. The van der Waals surface area contributed by atoms with Crippen LogP contribution in [0.5, 0.6) is 11.6 Å². The lowest BCUT2D eigenvalue weighted by Gasteiger charge is -2.10. The van der Waals surface area contributed by atoms with Gasteiger partial charge in [0.15, 0.2) is 0 Å². The van der Waals surface area contributed by atoms with E-state index in [1.165, 1.54) is 19.2 Å². The minimum Gasteiger partial charge on any atom is -0.471 e. The van der Waals surface area contributed by atoms with E-state index in [1.807, 2.05) is 6.07 Å². The number of imidazole rings is 1. The lowest BCUT2D eigenvalue weighted by Crippen LogP contribution is -2.22. The quantitative estimate of drug-likeness (QED) is 0.560. The number of pyridine rings is 1. The molecule has 0 radical (unpaired) electrons. The van der Waals surface area contributed by atoms with Crippen LogP contribution < -0.4 is 14.8 Å². The van der Waals surface area contributed by atoms with Gasteiger partial charge in [-0.25, -0.2) is 24.1 Å². The van der Waals surface area contributed by atoms with Crippen molar-refractivity contribution in [3.05, 3.63) is 72.7 Å². The first-order chi connectivity index (χ1) is 14.1. The van der Waals surface area contributed by atoms with E-state index in [4.69, 9.17) is 9.47 Å². The topological polar surface area (TPSA) is 90.6 Å². The van der Waals surface area contributed by atoms with E-state index in [1.54, 1.807) is 41.3 Å². The number of halogens is 1. The number of benzene rings is 1. The maximum absolute atomic E-state index is 13.6. The summed E-state index contributed by atoms with van der Waals surface area (Å²) >= 11 is 0. The van der Waals surface area contributed by atoms with Gasteiger partial charge in [0.25, 0.3) is 0 Å². The van der Waals surface area contributed by atoms with Crippen molar-refractivity contribution in [3.63, 3.8) is 0 Å².